The maximum atomic E-state index is 11.2. The van der Waals surface area contributed by atoms with Crippen molar-refractivity contribution in [2.75, 3.05) is 34.4 Å². The number of hydrogen-bond acceptors (Lipinski definition) is 6. The van der Waals surface area contributed by atoms with E-state index in [0.717, 1.165) is 0 Å². The van der Waals surface area contributed by atoms with Crippen LogP contribution in [0.15, 0.2) is 0 Å². The number of nitrogens with zero attached hydrogens (tertiary/aromatic N) is 1. The van der Waals surface area contributed by atoms with Gasteiger partial charge in [-0.05, 0) is 20.0 Å². The highest BCUT2D eigenvalue weighted by molar-refractivity contribution is 5.92. The van der Waals surface area contributed by atoms with E-state index in [1.165, 1.54) is 14.2 Å². The van der Waals surface area contributed by atoms with Gasteiger partial charge in [0, 0.05) is 6.42 Å². The van der Waals surface area contributed by atoms with Crippen LogP contribution in [0.3, 0.4) is 0 Å². The van der Waals surface area contributed by atoms with Gasteiger partial charge >= 0.3 is 12.1 Å². The van der Waals surface area contributed by atoms with Crippen molar-refractivity contribution in [2.24, 2.45) is 0 Å². The fourth-order valence-electron chi connectivity index (χ4n) is 1.12. The van der Waals surface area contributed by atoms with E-state index in [4.69, 9.17) is 0 Å². The number of rotatable bonds is 6. The number of hydrogen-bond donors (Lipinski definition) is 1. The number of amides is 2. The topological polar surface area (TPSA) is 84.9 Å². The Hall–Kier alpha value is -1.63. The quantitative estimate of drug-likeness (QED) is 0.651. The van der Waals surface area contributed by atoms with E-state index in [9.17, 15) is 14.4 Å². The number of imide groups is 1. The number of carbonyl (C=O) groups excluding carboxylic acids is 3. The van der Waals surface area contributed by atoms with E-state index in [0.29, 0.717) is 19.4 Å². The SMILES string of the molecule is COC(=O)CCCN(C)CC(=O)NC(=O)OC. The van der Waals surface area contributed by atoms with Gasteiger partial charge in [-0.15, -0.1) is 0 Å². The lowest BCUT2D eigenvalue weighted by molar-refractivity contribution is -0.140. The van der Waals surface area contributed by atoms with Crippen molar-refractivity contribution in [3.63, 3.8) is 0 Å². The van der Waals surface area contributed by atoms with E-state index in [1.807, 2.05) is 5.32 Å². The first-order chi connectivity index (χ1) is 7.99. The van der Waals surface area contributed by atoms with Crippen molar-refractivity contribution in [3.05, 3.63) is 0 Å². The number of alkyl carbamates (subject to hydrolysis) is 1. The van der Waals surface area contributed by atoms with E-state index in [1.54, 1.807) is 11.9 Å². The number of nitrogens with one attached hydrogen (secondary N) is 1. The Kier molecular flexibility index (Phi) is 7.70. The van der Waals surface area contributed by atoms with E-state index in [-0.39, 0.29) is 12.5 Å². The molecule has 7 heteroatoms. The van der Waals surface area contributed by atoms with Crippen LogP contribution in [-0.4, -0.2) is 57.2 Å². The molecule has 0 aliphatic heterocycles. The summed E-state index contributed by atoms with van der Waals surface area (Å²) < 4.78 is 8.76. The van der Waals surface area contributed by atoms with Gasteiger partial charge in [-0.1, -0.05) is 0 Å². The van der Waals surface area contributed by atoms with E-state index >= 15 is 0 Å². The number of ether oxygens (including phenoxy) is 2. The summed E-state index contributed by atoms with van der Waals surface area (Å²) in [6, 6.07) is 0. The first-order valence-electron chi connectivity index (χ1n) is 5.12. The maximum Gasteiger partial charge on any atom is 0.413 e. The molecule has 0 radical (unpaired) electrons. The average molecular weight is 246 g/mol. The van der Waals surface area contributed by atoms with Crippen LogP contribution in [0.2, 0.25) is 0 Å². The van der Waals surface area contributed by atoms with Gasteiger partial charge in [0.25, 0.3) is 0 Å². The van der Waals surface area contributed by atoms with Crippen LogP contribution >= 0.6 is 0 Å². The highest BCUT2D eigenvalue weighted by atomic mass is 16.5. The molecule has 0 rings (SSSR count). The zero-order valence-electron chi connectivity index (χ0n) is 10.3. The minimum Gasteiger partial charge on any atom is -0.469 e. The Morgan fingerprint density at radius 2 is 1.82 bits per heavy atom. The summed E-state index contributed by atoms with van der Waals surface area (Å²) in [5, 5.41) is 2.04. The molecule has 0 bridgehead atoms. The number of methoxy groups -OCH3 is 2. The molecule has 0 saturated carbocycles. The predicted molar refractivity (Wildman–Crippen MR) is 59.3 cm³/mol. The molecule has 0 unspecified atom stereocenters. The van der Waals surface area contributed by atoms with E-state index in [2.05, 4.69) is 9.47 Å². The summed E-state index contributed by atoms with van der Waals surface area (Å²) in [5.41, 5.74) is 0. The molecule has 0 aliphatic carbocycles. The van der Waals surface area contributed by atoms with Crippen molar-refractivity contribution in [3.8, 4) is 0 Å². The summed E-state index contributed by atoms with van der Waals surface area (Å²) in [5.74, 6) is -0.727. The number of likely N-dealkylation sites (N-methyl/N-ethyl adjacent to an activating group) is 1. The van der Waals surface area contributed by atoms with Crippen molar-refractivity contribution in [1.82, 2.24) is 10.2 Å². The largest absolute Gasteiger partial charge is 0.469 e. The number of carbonyl (C=O) groups is 3. The Labute approximate surface area is 100 Å². The van der Waals surface area contributed by atoms with Crippen LogP contribution in [0.4, 0.5) is 4.79 Å². The third-order valence-electron chi connectivity index (χ3n) is 1.99. The van der Waals surface area contributed by atoms with Gasteiger partial charge in [-0.3, -0.25) is 19.8 Å². The minimum absolute atomic E-state index is 0.0657. The fraction of sp³-hybridized carbons (Fsp3) is 0.700. The van der Waals surface area contributed by atoms with Crippen LogP contribution < -0.4 is 5.32 Å². The average Bonchev–Trinajstić information content (AvgIpc) is 2.28. The third kappa shape index (κ3) is 8.21. The molecular formula is C10H18N2O5. The second-order valence-electron chi connectivity index (χ2n) is 3.46. The molecule has 0 fully saturated rings. The van der Waals surface area contributed by atoms with Crippen LogP contribution in [0, 0.1) is 0 Å². The molecular weight excluding hydrogens is 228 g/mol. The summed E-state index contributed by atoms with van der Waals surface area (Å²) in [4.78, 5) is 34.5. The van der Waals surface area contributed by atoms with Crippen LogP contribution in [0.5, 0.6) is 0 Å². The summed E-state index contributed by atoms with van der Waals surface area (Å²) >= 11 is 0. The predicted octanol–water partition coefficient (Wildman–Crippen LogP) is -0.246. The molecule has 98 valence electrons. The zero-order chi connectivity index (χ0) is 13.3. The van der Waals surface area contributed by atoms with Crippen molar-refractivity contribution >= 4 is 18.0 Å². The molecule has 0 aromatic rings. The Morgan fingerprint density at radius 3 is 2.35 bits per heavy atom. The van der Waals surface area contributed by atoms with Gasteiger partial charge < -0.3 is 9.47 Å². The van der Waals surface area contributed by atoms with Gasteiger partial charge in [0.15, 0.2) is 0 Å². The second-order valence-corrected chi connectivity index (χ2v) is 3.46. The van der Waals surface area contributed by atoms with Crippen molar-refractivity contribution < 1.29 is 23.9 Å². The fourth-order valence-corrected chi connectivity index (χ4v) is 1.12. The highest BCUT2D eigenvalue weighted by Crippen LogP contribution is 1.94. The van der Waals surface area contributed by atoms with Crippen molar-refractivity contribution in [1.29, 1.82) is 0 Å². The molecule has 0 heterocycles. The van der Waals surface area contributed by atoms with Crippen molar-refractivity contribution in [2.45, 2.75) is 12.8 Å². The maximum absolute atomic E-state index is 11.2. The van der Waals surface area contributed by atoms with Gasteiger partial charge in [0.1, 0.15) is 0 Å². The van der Waals surface area contributed by atoms with Crippen LogP contribution in [0.25, 0.3) is 0 Å². The van der Waals surface area contributed by atoms with Crippen LogP contribution in [-0.2, 0) is 19.1 Å². The minimum atomic E-state index is -0.780. The lowest BCUT2D eigenvalue weighted by Crippen LogP contribution is -2.38. The van der Waals surface area contributed by atoms with Gasteiger partial charge in [0.2, 0.25) is 5.91 Å². The lowest BCUT2D eigenvalue weighted by Gasteiger charge is -2.14. The zero-order valence-corrected chi connectivity index (χ0v) is 10.3. The molecule has 1 N–H and O–H groups in total. The normalized spacial score (nSPS) is 9.88. The number of esters is 1. The Morgan fingerprint density at radius 1 is 1.18 bits per heavy atom. The molecule has 0 aliphatic rings. The van der Waals surface area contributed by atoms with Gasteiger partial charge in [0.05, 0.1) is 20.8 Å². The summed E-state index contributed by atoms with van der Waals surface area (Å²) in [6.07, 6.45) is 0.117. The monoisotopic (exact) mass is 246 g/mol. The van der Waals surface area contributed by atoms with Crippen LogP contribution in [0.1, 0.15) is 12.8 Å². The Bertz CT molecular complexity index is 280. The van der Waals surface area contributed by atoms with Gasteiger partial charge in [-0.25, -0.2) is 4.79 Å². The highest BCUT2D eigenvalue weighted by Gasteiger charge is 2.10. The molecule has 0 aromatic carbocycles. The van der Waals surface area contributed by atoms with Gasteiger partial charge in [-0.2, -0.15) is 0 Å². The van der Waals surface area contributed by atoms with E-state index < -0.39 is 12.0 Å². The molecule has 2 amide bonds. The molecule has 7 nitrogen and oxygen atoms in total. The lowest BCUT2D eigenvalue weighted by atomic mass is 10.3. The second kappa shape index (κ2) is 8.51. The molecule has 17 heavy (non-hydrogen) atoms. The molecule has 0 saturated heterocycles. The first-order valence-corrected chi connectivity index (χ1v) is 5.12. The summed E-state index contributed by atoms with van der Waals surface area (Å²) in [7, 11) is 4.23. The molecule has 0 spiro atoms. The smallest absolute Gasteiger partial charge is 0.413 e. The summed E-state index contributed by atoms with van der Waals surface area (Å²) in [6.45, 7) is 0.625. The molecule has 0 aromatic heterocycles. The standard InChI is InChI=1S/C10H18N2O5/c1-12(6-4-5-9(14)16-2)7-8(13)11-10(15)17-3/h4-7H2,1-3H3,(H,11,13,15). The molecule has 0 atom stereocenters. The third-order valence-corrected chi connectivity index (χ3v) is 1.99. The Balaban J connectivity index is 3.71. The first kappa shape index (κ1) is 15.4.